The second-order valence-electron chi connectivity index (χ2n) is 6.01. The third-order valence-corrected chi connectivity index (χ3v) is 4.87. The molecule has 1 saturated heterocycles. The minimum Gasteiger partial charge on any atom is -0.481 e. The third kappa shape index (κ3) is 3.73. The number of carboxylic acid groups (broad SMARTS) is 1. The van der Waals surface area contributed by atoms with Gasteiger partial charge in [-0.3, -0.25) is 9.59 Å². The monoisotopic (exact) mass is 343 g/mol. The Labute approximate surface area is 140 Å². The van der Waals surface area contributed by atoms with E-state index in [-0.39, 0.29) is 24.3 Å². The summed E-state index contributed by atoms with van der Waals surface area (Å²) in [5.74, 6) is -1.61. The molecule has 1 aromatic rings. The quantitative estimate of drug-likeness (QED) is 0.910. The highest BCUT2D eigenvalue weighted by molar-refractivity contribution is 6.42. The molecule has 1 heterocycles. The zero-order chi connectivity index (χ0) is 16.4. The number of amides is 1. The maximum atomic E-state index is 12.7. The second kappa shape index (κ2) is 6.88. The van der Waals surface area contributed by atoms with Crippen molar-refractivity contribution < 1.29 is 14.7 Å². The van der Waals surface area contributed by atoms with Crippen LogP contribution in [0.1, 0.15) is 31.7 Å². The first kappa shape index (κ1) is 17.1. The van der Waals surface area contributed by atoms with Crippen LogP contribution in [-0.4, -0.2) is 35.0 Å². The number of carbonyl (C=O) groups is 2. The summed E-state index contributed by atoms with van der Waals surface area (Å²) in [5, 5.41) is 10.1. The van der Waals surface area contributed by atoms with Gasteiger partial charge in [0.1, 0.15) is 0 Å². The zero-order valence-corrected chi connectivity index (χ0v) is 14.1. The molecular formula is C16H19Cl2NO3. The van der Waals surface area contributed by atoms with Crippen molar-refractivity contribution in [3.8, 4) is 0 Å². The number of hydrogen-bond donors (Lipinski definition) is 1. The molecule has 1 fully saturated rings. The molecule has 2 rings (SSSR count). The van der Waals surface area contributed by atoms with Crippen molar-refractivity contribution in [2.75, 3.05) is 13.1 Å². The minimum absolute atomic E-state index is 0.0730. The van der Waals surface area contributed by atoms with Crippen molar-refractivity contribution >= 4 is 35.1 Å². The molecule has 0 aromatic heterocycles. The molecule has 1 aromatic carbocycles. The van der Waals surface area contributed by atoms with Crippen LogP contribution in [-0.2, 0) is 9.59 Å². The van der Waals surface area contributed by atoms with Gasteiger partial charge in [-0.2, -0.15) is 0 Å². The van der Waals surface area contributed by atoms with Crippen molar-refractivity contribution in [1.82, 2.24) is 4.90 Å². The van der Waals surface area contributed by atoms with E-state index < -0.39 is 11.9 Å². The van der Waals surface area contributed by atoms with E-state index in [0.29, 0.717) is 23.0 Å². The molecule has 0 bridgehead atoms. The highest BCUT2D eigenvalue weighted by Crippen LogP contribution is 2.29. The van der Waals surface area contributed by atoms with Gasteiger partial charge in [0.05, 0.1) is 21.9 Å². The first-order chi connectivity index (χ1) is 10.3. The molecule has 0 aliphatic carbocycles. The molecule has 3 atom stereocenters. The smallest absolute Gasteiger partial charge is 0.308 e. The predicted molar refractivity (Wildman–Crippen MR) is 86.4 cm³/mol. The lowest BCUT2D eigenvalue weighted by molar-refractivity contribution is -0.147. The van der Waals surface area contributed by atoms with Gasteiger partial charge in [-0.15, -0.1) is 0 Å². The molecule has 0 radical (unpaired) electrons. The minimum atomic E-state index is -0.841. The van der Waals surface area contributed by atoms with Crippen molar-refractivity contribution in [3.63, 3.8) is 0 Å². The Balaban J connectivity index is 2.15. The van der Waals surface area contributed by atoms with Crippen LogP contribution in [0.4, 0.5) is 0 Å². The van der Waals surface area contributed by atoms with E-state index in [0.717, 1.165) is 5.56 Å². The number of halogens is 2. The molecule has 0 spiro atoms. The molecule has 1 aliphatic rings. The van der Waals surface area contributed by atoms with Gasteiger partial charge in [-0.05, 0) is 37.0 Å². The Bertz CT molecular complexity index is 591. The summed E-state index contributed by atoms with van der Waals surface area (Å²) < 4.78 is 0. The van der Waals surface area contributed by atoms with Crippen LogP contribution in [0.5, 0.6) is 0 Å². The standard InChI is InChI=1S/C16H19Cl2NO3/c1-9-5-12(16(21)22)8-19(7-9)15(20)10(2)11-3-4-13(17)14(18)6-11/h3-4,6,9-10,12H,5,7-8H2,1-2H3,(H,21,22). The highest BCUT2D eigenvalue weighted by Gasteiger charge is 2.33. The van der Waals surface area contributed by atoms with Gasteiger partial charge >= 0.3 is 5.97 Å². The largest absolute Gasteiger partial charge is 0.481 e. The fraction of sp³-hybridized carbons (Fsp3) is 0.500. The summed E-state index contributed by atoms with van der Waals surface area (Å²) in [6, 6.07) is 5.13. The number of benzene rings is 1. The lowest BCUT2D eigenvalue weighted by Gasteiger charge is -2.36. The topological polar surface area (TPSA) is 57.6 Å². The van der Waals surface area contributed by atoms with Crippen molar-refractivity contribution in [2.45, 2.75) is 26.2 Å². The van der Waals surface area contributed by atoms with E-state index in [1.54, 1.807) is 30.0 Å². The lowest BCUT2D eigenvalue weighted by atomic mass is 9.89. The maximum absolute atomic E-state index is 12.7. The van der Waals surface area contributed by atoms with Gasteiger partial charge in [0.2, 0.25) is 5.91 Å². The fourth-order valence-electron chi connectivity index (χ4n) is 2.91. The Hall–Kier alpha value is -1.26. The van der Waals surface area contributed by atoms with Crippen molar-refractivity contribution in [3.05, 3.63) is 33.8 Å². The van der Waals surface area contributed by atoms with Gasteiger partial charge < -0.3 is 10.0 Å². The van der Waals surface area contributed by atoms with Gasteiger partial charge in [-0.1, -0.05) is 36.2 Å². The first-order valence-electron chi connectivity index (χ1n) is 7.26. The summed E-state index contributed by atoms with van der Waals surface area (Å²) in [7, 11) is 0. The van der Waals surface area contributed by atoms with E-state index in [1.807, 2.05) is 6.92 Å². The number of likely N-dealkylation sites (tertiary alicyclic amines) is 1. The molecule has 1 aliphatic heterocycles. The Morgan fingerprint density at radius 1 is 1.27 bits per heavy atom. The highest BCUT2D eigenvalue weighted by atomic mass is 35.5. The Morgan fingerprint density at radius 2 is 1.95 bits per heavy atom. The fourth-order valence-corrected chi connectivity index (χ4v) is 3.22. The van der Waals surface area contributed by atoms with Gasteiger partial charge in [0.25, 0.3) is 0 Å². The van der Waals surface area contributed by atoms with Crippen LogP contribution in [0.15, 0.2) is 18.2 Å². The molecule has 4 nitrogen and oxygen atoms in total. The Morgan fingerprint density at radius 3 is 2.55 bits per heavy atom. The average molecular weight is 344 g/mol. The summed E-state index contributed by atoms with van der Waals surface area (Å²) in [5.41, 5.74) is 0.782. The molecular weight excluding hydrogens is 325 g/mol. The summed E-state index contributed by atoms with van der Waals surface area (Å²) in [4.78, 5) is 25.5. The van der Waals surface area contributed by atoms with Crippen LogP contribution in [0.2, 0.25) is 10.0 Å². The molecule has 6 heteroatoms. The normalized spacial score (nSPS) is 23.2. The van der Waals surface area contributed by atoms with Crippen LogP contribution in [0.3, 0.4) is 0 Å². The number of nitrogens with zero attached hydrogens (tertiary/aromatic N) is 1. The lowest BCUT2D eigenvalue weighted by Crippen LogP contribution is -2.46. The average Bonchev–Trinajstić information content (AvgIpc) is 2.47. The number of aliphatic carboxylic acids is 1. The number of carboxylic acids is 1. The molecule has 3 unspecified atom stereocenters. The third-order valence-electron chi connectivity index (χ3n) is 4.13. The van der Waals surface area contributed by atoms with Crippen LogP contribution in [0.25, 0.3) is 0 Å². The number of carbonyl (C=O) groups excluding carboxylic acids is 1. The number of hydrogen-bond acceptors (Lipinski definition) is 2. The molecule has 22 heavy (non-hydrogen) atoms. The molecule has 1 amide bonds. The SMILES string of the molecule is CC1CC(C(=O)O)CN(C(=O)C(C)c2ccc(Cl)c(Cl)c2)C1. The van der Waals surface area contributed by atoms with E-state index in [2.05, 4.69) is 0 Å². The Kier molecular flexibility index (Phi) is 5.35. The number of rotatable bonds is 3. The summed E-state index contributed by atoms with van der Waals surface area (Å²) in [6.07, 6.45) is 0.611. The van der Waals surface area contributed by atoms with E-state index in [9.17, 15) is 14.7 Å². The zero-order valence-electron chi connectivity index (χ0n) is 12.6. The predicted octanol–water partition coefficient (Wildman–Crippen LogP) is 3.67. The number of piperidine rings is 1. The van der Waals surface area contributed by atoms with Crippen molar-refractivity contribution in [1.29, 1.82) is 0 Å². The summed E-state index contributed by atoms with van der Waals surface area (Å²) in [6.45, 7) is 4.63. The van der Waals surface area contributed by atoms with Crippen molar-refractivity contribution in [2.24, 2.45) is 11.8 Å². The van der Waals surface area contributed by atoms with Crippen LogP contribution in [0, 0.1) is 11.8 Å². The maximum Gasteiger partial charge on any atom is 0.308 e. The van der Waals surface area contributed by atoms with Crippen LogP contribution < -0.4 is 0 Å². The molecule has 0 saturated carbocycles. The van der Waals surface area contributed by atoms with Gasteiger partial charge in [0.15, 0.2) is 0 Å². The second-order valence-corrected chi connectivity index (χ2v) is 6.83. The van der Waals surface area contributed by atoms with E-state index in [4.69, 9.17) is 23.2 Å². The van der Waals surface area contributed by atoms with Gasteiger partial charge in [0, 0.05) is 13.1 Å². The van der Waals surface area contributed by atoms with Gasteiger partial charge in [-0.25, -0.2) is 0 Å². The van der Waals surface area contributed by atoms with E-state index in [1.165, 1.54) is 0 Å². The first-order valence-corrected chi connectivity index (χ1v) is 8.01. The molecule has 1 N–H and O–H groups in total. The van der Waals surface area contributed by atoms with E-state index >= 15 is 0 Å². The van der Waals surface area contributed by atoms with Crippen LogP contribution >= 0.6 is 23.2 Å². The summed E-state index contributed by atoms with van der Waals surface area (Å²) >= 11 is 11.9. The molecule has 120 valence electrons.